The van der Waals surface area contributed by atoms with E-state index in [-0.39, 0.29) is 11.8 Å². The van der Waals surface area contributed by atoms with Gasteiger partial charge in [-0.25, -0.2) is 4.98 Å². The predicted octanol–water partition coefficient (Wildman–Crippen LogP) is 5.36. The molecule has 1 aromatic heterocycles. The summed E-state index contributed by atoms with van der Waals surface area (Å²) in [7, 11) is 0. The second kappa shape index (κ2) is 7.79. The Morgan fingerprint density at radius 3 is 2.71 bits per heavy atom. The Morgan fingerprint density at radius 1 is 1.25 bits per heavy atom. The molecule has 1 heterocycles. The molecule has 1 aliphatic rings. The van der Waals surface area contributed by atoms with Gasteiger partial charge in [0, 0.05) is 22.5 Å². The molecule has 24 heavy (non-hydrogen) atoms. The number of halogens is 1. The molecule has 0 saturated heterocycles. The van der Waals surface area contributed by atoms with Crippen LogP contribution < -0.4 is 5.73 Å². The first kappa shape index (κ1) is 17.6. The minimum atomic E-state index is -0.130. The van der Waals surface area contributed by atoms with E-state index in [4.69, 9.17) is 10.7 Å². The fourth-order valence-electron chi connectivity index (χ4n) is 3.56. The topological polar surface area (TPSA) is 56.0 Å². The largest absolute Gasteiger partial charge is 0.369 e. The normalized spacial score (nSPS) is 22.8. The van der Waals surface area contributed by atoms with Crippen molar-refractivity contribution in [3.05, 3.63) is 39.9 Å². The third kappa shape index (κ3) is 4.06. The zero-order valence-corrected chi connectivity index (χ0v) is 16.3. The van der Waals surface area contributed by atoms with Crippen LogP contribution >= 0.6 is 27.3 Å². The van der Waals surface area contributed by atoms with E-state index in [0.29, 0.717) is 11.8 Å². The van der Waals surface area contributed by atoms with Gasteiger partial charge in [-0.15, -0.1) is 11.3 Å². The molecule has 3 unspecified atom stereocenters. The molecular formula is C19H23BrN2OS. The number of hydrogen-bond acceptors (Lipinski definition) is 3. The monoisotopic (exact) mass is 406 g/mol. The van der Waals surface area contributed by atoms with Gasteiger partial charge in [-0.05, 0) is 49.3 Å². The van der Waals surface area contributed by atoms with Gasteiger partial charge in [-0.3, -0.25) is 4.79 Å². The number of hydrogen-bond donors (Lipinski definition) is 1. The van der Waals surface area contributed by atoms with Gasteiger partial charge in [0.1, 0.15) is 0 Å². The second-order valence-electron chi connectivity index (χ2n) is 6.73. The highest BCUT2D eigenvalue weighted by molar-refractivity contribution is 9.10. The van der Waals surface area contributed by atoms with Gasteiger partial charge < -0.3 is 5.73 Å². The molecule has 0 bridgehead atoms. The lowest BCUT2D eigenvalue weighted by molar-refractivity contribution is -0.122. The van der Waals surface area contributed by atoms with Crippen LogP contribution in [0.1, 0.15) is 50.0 Å². The van der Waals surface area contributed by atoms with Crippen molar-refractivity contribution >= 4 is 33.2 Å². The Morgan fingerprint density at radius 2 is 2.00 bits per heavy atom. The predicted molar refractivity (Wildman–Crippen MR) is 103 cm³/mol. The summed E-state index contributed by atoms with van der Waals surface area (Å²) in [6, 6.07) is 8.37. The van der Waals surface area contributed by atoms with Crippen molar-refractivity contribution in [2.75, 3.05) is 0 Å². The summed E-state index contributed by atoms with van der Waals surface area (Å²) in [5.74, 6) is 0.969. The van der Waals surface area contributed by atoms with Crippen molar-refractivity contribution in [3.8, 4) is 10.4 Å². The summed E-state index contributed by atoms with van der Waals surface area (Å²) < 4.78 is 1.09. The number of aromatic nitrogens is 1. The van der Waals surface area contributed by atoms with E-state index in [1.807, 2.05) is 6.20 Å². The first-order valence-electron chi connectivity index (χ1n) is 8.55. The van der Waals surface area contributed by atoms with Crippen LogP contribution in [0.3, 0.4) is 0 Å². The standard InChI is InChI=1S/C19H23BrN2OS/c1-12(13-3-2-4-15(6-5-13)18(21)23)19-22-11-17(24-19)14-7-9-16(20)10-8-14/h7-13,15H,2-6H2,1H3,(H2,21,23). The first-order chi connectivity index (χ1) is 11.5. The summed E-state index contributed by atoms with van der Waals surface area (Å²) in [5, 5.41) is 1.20. The van der Waals surface area contributed by atoms with Crippen molar-refractivity contribution in [1.29, 1.82) is 0 Å². The summed E-state index contributed by atoms with van der Waals surface area (Å²) in [6.07, 6.45) is 7.19. The maximum Gasteiger partial charge on any atom is 0.220 e. The highest BCUT2D eigenvalue weighted by atomic mass is 79.9. The molecule has 1 saturated carbocycles. The third-order valence-electron chi connectivity index (χ3n) is 5.16. The highest BCUT2D eigenvalue weighted by Crippen LogP contribution is 2.39. The van der Waals surface area contributed by atoms with E-state index in [0.717, 1.165) is 36.6 Å². The smallest absolute Gasteiger partial charge is 0.220 e. The number of thiazole rings is 1. The number of nitrogens with two attached hydrogens (primary N) is 1. The molecule has 1 amide bonds. The molecule has 5 heteroatoms. The average molecular weight is 407 g/mol. The van der Waals surface area contributed by atoms with Crippen LogP contribution in [0.15, 0.2) is 34.9 Å². The van der Waals surface area contributed by atoms with Gasteiger partial charge in [0.25, 0.3) is 0 Å². The minimum absolute atomic E-state index is 0.0665. The number of primary amides is 1. The minimum Gasteiger partial charge on any atom is -0.369 e. The molecule has 0 radical (unpaired) electrons. The van der Waals surface area contributed by atoms with Crippen LogP contribution in [0.4, 0.5) is 0 Å². The lowest BCUT2D eigenvalue weighted by Crippen LogP contribution is -2.22. The van der Waals surface area contributed by atoms with Crippen LogP contribution in [0, 0.1) is 11.8 Å². The molecule has 1 aliphatic carbocycles. The van der Waals surface area contributed by atoms with Crippen LogP contribution in [0.25, 0.3) is 10.4 Å². The number of benzene rings is 1. The molecule has 3 atom stereocenters. The highest BCUT2D eigenvalue weighted by Gasteiger charge is 2.27. The lowest BCUT2D eigenvalue weighted by atomic mass is 9.87. The maximum absolute atomic E-state index is 11.4. The van der Waals surface area contributed by atoms with Gasteiger partial charge in [-0.2, -0.15) is 0 Å². The molecule has 3 nitrogen and oxygen atoms in total. The van der Waals surface area contributed by atoms with Gasteiger partial charge >= 0.3 is 0 Å². The van der Waals surface area contributed by atoms with Gasteiger partial charge in [0.2, 0.25) is 5.91 Å². The maximum atomic E-state index is 11.4. The number of carbonyl (C=O) groups excluding carboxylic acids is 1. The second-order valence-corrected chi connectivity index (χ2v) is 8.70. The van der Waals surface area contributed by atoms with E-state index >= 15 is 0 Å². The van der Waals surface area contributed by atoms with Crippen molar-refractivity contribution < 1.29 is 4.79 Å². The summed E-state index contributed by atoms with van der Waals surface area (Å²) >= 11 is 5.27. The molecule has 0 spiro atoms. The fourth-order valence-corrected chi connectivity index (χ4v) is 4.90. The Labute approximate surface area is 155 Å². The third-order valence-corrected chi connectivity index (χ3v) is 6.94. The number of carbonyl (C=O) groups is 1. The van der Waals surface area contributed by atoms with Crippen molar-refractivity contribution in [3.63, 3.8) is 0 Å². The van der Waals surface area contributed by atoms with Crippen molar-refractivity contribution in [1.82, 2.24) is 4.98 Å². The SMILES string of the molecule is CC(c1ncc(-c2ccc(Br)cc2)s1)C1CCCC(C(N)=O)CC1. The Bertz CT molecular complexity index is 698. The van der Waals surface area contributed by atoms with Crippen LogP contribution in [0.5, 0.6) is 0 Å². The average Bonchev–Trinajstić information content (AvgIpc) is 2.92. The van der Waals surface area contributed by atoms with Crippen LogP contribution in [0.2, 0.25) is 0 Å². The molecule has 2 N–H and O–H groups in total. The number of nitrogens with zero attached hydrogens (tertiary/aromatic N) is 1. The van der Waals surface area contributed by atoms with E-state index in [1.165, 1.54) is 15.4 Å². The number of amides is 1. The molecular weight excluding hydrogens is 384 g/mol. The molecule has 3 rings (SSSR count). The van der Waals surface area contributed by atoms with Crippen molar-refractivity contribution in [2.24, 2.45) is 17.6 Å². The molecule has 1 fully saturated rings. The van der Waals surface area contributed by atoms with Gasteiger partial charge in [0.15, 0.2) is 0 Å². The Hall–Kier alpha value is -1.20. The Balaban J connectivity index is 1.70. The number of rotatable bonds is 4. The summed E-state index contributed by atoms with van der Waals surface area (Å²) in [4.78, 5) is 17.4. The van der Waals surface area contributed by atoms with Crippen LogP contribution in [-0.4, -0.2) is 10.9 Å². The Kier molecular flexibility index (Phi) is 5.72. The first-order valence-corrected chi connectivity index (χ1v) is 10.2. The molecule has 1 aromatic carbocycles. The lowest BCUT2D eigenvalue weighted by Gasteiger charge is -2.20. The van der Waals surface area contributed by atoms with E-state index in [9.17, 15) is 4.79 Å². The van der Waals surface area contributed by atoms with Crippen LogP contribution in [-0.2, 0) is 4.79 Å². The quantitative estimate of drug-likeness (QED) is 0.694. The van der Waals surface area contributed by atoms with E-state index in [1.54, 1.807) is 11.3 Å². The van der Waals surface area contributed by atoms with Gasteiger partial charge in [0.05, 0.1) is 9.88 Å². The molecule has 0 aliphatic heterocycles. The zero-order valence-electron chi connectivity index (χ0n) is 13.9. The molecule has 2 aromatic rings. The molecule has 128 valence electrons. The van der Waals surface area contributed by atoms with E-state index < -0.39 is 0 Å². The van der Waals surface area contributed by atoms with Crippen molar-refractivity contribution in [2.45, 2.75) is 44.9 Å². The fraction of sp³-hybridized carbons (Fsp3) is 0.474. The zero-order chi connectivity index (χ0) is 17.1. The summed E-state index contributed by atoms with van der Waals surface area (Å²) in [5.41, 5.74) is 6.71. The summed E-state index contributed by atoms with van der Waals surface area (Å²) in [6.45, 7) is 2.28. The van der Waals surface area contributed by atoms with Gasteiger partial charge in [-0.1, -0.05) is 41.4 Å². The van der Waals surface area contributed by atoms with E-state index in [2.05, 4.69) is 47.1 Å².